The summed E-state index contributed by atoms with van der Waals surface area (Å²) in [4.78, 5) is 30.1. The van der Waals surface area contributed by atoms with Gasteiger partial charge in [0.1, 0.15) is 0 Å². The first-order valence-electron chi connectivity index (χ1n) is 7.87. The molecule has 0 unspecified atom stereocenters. The van der Waals surface area contributed by atoms with Gasteiger partial charge in [-0.15, -0.1) is 0 Å². The highest BCUT2D eigenvalue weighted by molar-refractivity contribution is 5.95. The minimum atomic E-state index is 0.0475. The predicted molar refractivity (Wildman–Crippen MR) is 88.2 cm³/mol. The molecule has 0 saturated carbocycles. The van der Waals surface area contributed by atoms with Gasteiger partial charge in [-0.05, 0) is 24.6 Å². The van der Waals surface area contributed by atoms with Crippen LogP contribution in [-0.4, -0.2) is 61.9 Å². The Morgan fingerprint density at radius 2 is 1.73 bits per heavy atom. The molecule has 120 valence electrons. The molecule has 1 aliphatic rings. The van der Waals surface area contributed by atoms with Crippen LogP contribution in [0.4, 0.5) is 5.69 Å². The number of amides is 2. The average molecular weight is 303 g/mol. The molecule has 0 N–H and O–H groups in total. The van der Waals surface area contributed by atoms with E-state index in [1.54, 1.807) is 0 Å². The van der Waals surface area contributed by atoms with Crippen LogP contribution in [0.2, 0.25) is 0 Å². The topological polar surface area (TPSA) is 43.9 Å². The van der Waals surface area contributed by atoms with Gasteiger partial charge in [-0.1, -0.05) is 13.0 Å². The number of carbonyl (C=O) groups excluding carboxylic acids is 2. The van der Waals surface area contributed by atoms with Crippen molar-refractivity contribution < 1.29 is 9.59 Å². The highest BCUT2D eigenvalue weighted by Gasteiger charge is 2.24. The highest BCUT2D eigenvalue weighted by atomic mass is 16.2. The van der Waals surface area contributed by atoms with Crippen LogP contribution in [0.1, 0.15) is 30.1 Å². The molecule has 0 bridgehead atoms. The fourth-order valence-corrected chi connectivity index (χ4v) is 2.63. The zero-order chi connectivity index (χ0) is 16.1. The fraction of sp³-hybridized carbons (Fsp3) is 0.529. The van der Waals surface area contributed by atoms with E-state index in [9.17, 15) is 9.59 Å². The molecule has 5 nitrogen and oxygen atoms in total. The summed E-state index contributed by atoms with van der Waals surface area (Å²) < 4.78 is 0. The molecule has 0 aliphatic carbocycles. The maximum absolute atomic E-state index is 12.6. The van der Waals surface area contributed by atoms with Crippen molar-refractivity contribution in [1.82, 2.24) is 9.80 Å². The van der Waals surface area contributed by atoms with Crippen LogP contribution in [-0.2, 0) is 4.79 Å². The third kappa shape index (κ3) is 3.78. The molecule has 1 saturated heterocycles. The number of benzene rings is 1. The summed E-state index contributed by atoms with van der Waals surface area (Å²) in [6, 6.07) is 7.66. The number of piperazine rings is 1. The molecule has 0 atom stereocenters. The summed E-state index contributed by atoms with van der Waals surface area (Å²) in [6.45, 7) is 4.51. The van der Waals surface area contributed by atoms with E-state index in [-0.39, 0.29) is 11.8 Å². The maximum Gasteiger partial charge on any atom is 0.254 e. The van der Waals surface area contributed by atoms with Gasteiger partial charge in [-0.25, -0.2) is 0 Å². The maximum atomic E-state index is 12.6. The van der Waals surface area contributed by atoms with Gasteiger partial charge in [-0.3, -0.25) is 9.59 Å². The summed E-state index contributed by atoms with van der Waals surface area (Å²) in [5.41, 5.74) is 1.72. The lowest BCUT2D eigenvalue weighted by molar-refractivity contribution is -0.132. The second-order valence-electron chi connectivity index (χ2n) is 5.87. The number of carbonyl (C=O) groups is 2. The van der Waals surface area contributed by atoms with Gasteiger partial charge in [0.15, 0.2) is 0 Å². The Hall–Kier alpha value is -2.04. The fourth-order valence-electron chi connectivity index (χ4n) is 2.63. The first-order chi connectivity index (χ1) is 10.5. The predicted octanol–water partition coefficient (Wildman–Crippen LogP) is 1.84. The Labute approximate surface area is 132 Å². The van der Waals surface area contributed by atoms with Crippen LogP contribution in [0.25, 0.3) is 0 Å². The third-order valence-corrected chi connectivity index (χ3v) is 3.99. The molecule has 5 heteroatoms. The Bertz CT molecular complexity index is 534. The van der Waals surface area contributed by atoms with E-state index in [1.165, 1.54) is 0 Å². The molecule has 1 fully saturated rings. The number of nitrogens with zero attached hydrogens (tertiary/aromatic N) is 3. The molecule has 1 aromatic rings. The number of rotatable bonds is 4. The van der Waals surface area contributed by atoms with Crippen molar-refractivity contribution in [1.29, 1.82) is 0 Å². The zero-order valence-corrected chi connectivity index (χ0v) is 13.7. The molecule has 1 heterocycles. The lowest BCUT2D eigenvalue weighted by atomic mass is 10.1. The second kappa shape index (κ2) is 7.29. The first-order valence-corrected chi connectivity index (χ1v) is 7.87. The SMILES string of the molecule is CCCC(=O)N1CCN(C(=O)c2cccc(N(C)C)c2)CC1. The van der Waals surface area contributed by atoms with Crippen molar-refractivity contribution in [2.75, 3.05) is 45.2 Å². The summed E-state index contributed by atoms with van der Waals surface area (Å²) in [7, 11) is 3.92. The van der Waals surface area contributed by atoms with Crippen molar-refractivity contribution in [2.45, 2.75) is 19.8 Å². The van der Waals surface area contributed by atoms with Gasteiger partial charge in [0, 0.05) is 57.9 Å². The minimum absolute atomic E-state index is 0.0475. The van der Waals surface area contributed by atoms with E-state index in [0.717, 1.165) is 12.1 Å². The van der Waals surface area contributed by atoms with Crippen molar-refractivity contribution >= 4 is 17.5 Å². The first kappa shape index (κ1) is 16.3. The molecule has 0 radical (unpaired) electrons. The second-order valence-corrected chi connectivity index (χ2v) is 5.87. The Kier molecular flexibility index (Phi) is 5.41. The normalized spacial score (nSPS) is 14.9. The molecule has 1 aromatic carbocycles. The van der Waals surface area contributed by atoms with Crippen molar-refractivity contribution in [3.63, 3.8) is 0 Å². The minimum Gasteiger partial charge on any atom is -0.378 e. The van der Waals surface area contributed by atoms with Crippen LogP contribution < -0.4 is 4.90 Å². The Morgan fingerprint density at radius 1 is 1.09 bits per heavy atom. The molecule has 2 rings (SSSR count). The van der Waals surface area contributed by atoms with Gasteiger partial charge >= 0.3 is 0 Å². The van der Waals surface area contributed by atoms with Crippen LogP contribution in [0, 0.1) is 0 Å². The smallest absolute Gasteiger partial charge is 0.254 e. The monoisotopic (exact) mass is 303 g/mol. The lowest BCUT2D eigenvalue weighted by Gasteiger charge is -2.35. The van der Waals surface area contributed by atoms with E-state index in [0.29, 0.717) is 38.2 Å². The summed E-state index contributed by atoms with van der Waals surface area (Å²) in [6.07, 6.45) is 1.47. The Morgan fingerprint density at radius 3 is 2.32 bits per heavy atom. The largest absolute Gasteiger partial charge is 0.378 e. The lowest BCUT2D eigenvalue weighted by Crippen LogP contribution is -2.50. The van der Waals surface area contributed by atoms with Crippen molar-refractivity contribution in [3.8, 4) is 0 Å². The van der Waals surface area contributed by atoms with Gasteiger partial charge in [-0.2, -0.15) is 0 Å². The average Bonchev–Trinajstić information content (AvgIpc) is 2.54. The van der Waals surface area contributed by atoms with Gasteiger partial charge in [0.2, 0.25) is 5.91 Å². The zero-order valence-electron chi connectivity index (χ0n) is 13.7. The standard InChI is InChI=1S/C17H25N3O2/c1-4-6-16(21)19-9-11-20(12-10-19)17(22)14-7-5-8-15(13-14)18(2)3/h5,7-8,13H,4,6,9-12H2,1-3H3. The molecule has 0 aromatic heterocycles. The molecule has 1 aliphatic heterocycles. The van der Waals surface area contributed by atoms with Gasteiger partial charge < -0.3 is 14.7 Å². The van der Waals surface area contributed by atoms with Gasteiger partial charge in [0.25, 0.3) is 5.91 Å². The quantitative estimate of drug-likeness (QED) is 0.852. The molecular formula is C17H25N3O2. The Balaban J connectivity index is 1.98. The van der Waals surface area contributed by atoms with Gasteiger partial charge in [0.05, 0.1) is 0 Å². The van der Waals surface area contributed by atoms with E-state index < -0.39 is 0 Å². The molecule has 22 heavy (non-hydrogen) atoms. The van der Waals surface area contributed by atoms with Crippen LogP contribution >= 0.6 is 0 Å². The number of anilines is 1. The third-order valence-electron chi connectivity index (χ3n) is 3.99. The molecular weight excluding hydrogens is 278 g/mol. The van der Waals surface area contributed by atoms with Crippen molar-refractivity contribution in [2.24, 2.45) is 0 Å². The summed E-state index contributed by atoms with van der Waals surface area (Å²) in [5.74, 6) is 0.246. The molecule has 2 amide bonds. The molecule has 0 spiro atoms. The van der Waals surface area contributed by atoms with E-state index in [1.807, 2.05) is 60.0 Å². The number of hydrogen-bond donors (Lipinski definition) is 0. The van der Waals surface area contributed by atoms with E-state index in [2.05, 4.69) is 0 Å². The number of hydrogen-bond acceptors (Lipinski definition) is 3. The van der Waals surface area contributed by atoms with E-state index >= 15 is 0 Å². The highest BCUT2D eigenvalue weighted by Crippen LogP contribution is 2.16. The summed E-state index contributed by atoms with van der Waals surface area (Å²) in [5, 5.41) is 0. The van der Waals surface area contributed by atoms with Crippen LogP contribution in [0.5, 0.6) is 0 Å². The van der Waals surface area contributed by atoms with Crippen LogP contribution in [0.3, 0.4) is 0 Å². The van der Waals surface area contributed by atoms with Crippen molar-refractivity contribution in [3.05, 3.63) is 29.8 Å². The van der Waals surface area contributed by atoms with E-state index in [4.69, 9.17) is 0 Å². The van der Waals surface area contributed by atoms with Crippen LogP contribution in [0.15, 0.2) is 24.3 Å². The summed E-state index contributed by atoms with van der Waals surface area (Å²) >= 11 is 0.